The second-order valence-corrected chi connectivity index (χ2v) is 6.08. The molecular formula is C20H19N3O. The molecule has 2 aromatic heterocycles. The van der Waals surface area contributed by atoms with Gasteiger partial charge in [0, 0.05) is 42.6 Å². The summed E-state index contributed by atoms with van der Waals surface area (Å²) >= 11 is 0. The molecular weight excluding hydrogens is 298 g/mol. The van der Waals surface area contributed by atoms with Gasteiger partial charge in [0.05, 0.1) is 6.04 Å². The Hall–Kier alpha value is -2.88. The first-order valence-electron chi connectivity index (χ1n) is 8.27. The molecule has 1 saturated heterocycles. The zero-order valence-corrected chi connectivity index (χ0v) is 13.4. The van der Waals surface area contributed by atoms with Gasteiger partial charge in [0.2, 0.25) is 0 Å². The fraction of sp³-hybridized carbons (Fsp3) is 0.200. The molecule has 0 radical (unpaired) electrons. The van der Waals surface area contributed by atoms with Crippen LogP contribution in [0.3, 0.4) is 0 Å². The van der Waals surface area contributed by atoms with Crippen molar-refractivity contribution in [1.29, 1.82) is 0 Å². The summed E-state index contributed by atoms with van der Waals surface area (Å²) in [5, 5.41) is 0. The molecule has 1 aliphatic rings. The minimum absolute atomic E-state index is 0.100. The van der Waals surface area contributed by atoms with E-state index in [4.69, 9.17) is 0 Å². The fourth-order valence-corrected chi connectivity index (χ4v) is 3.41. The Morgan fingerprint density at radius 1 is 1.04 bits per heavy atom. The summed E-state index contributed by atoms with van der Waals surface area (Å²) in [7, 11) is 0. The van der Waals surface area contributed by atoms with E-state index in [0.29, 0.717) is 0 Å². The van der Waals surface area contributed by atoms with Gasteiger partial charge < -0.3 is 9.47 Å². The van der Waals surface area contributed by atoms with Crippen molar-refractivity contribution in [3.05, 3.63) is 84.4 Å². The van der Waals surface area contributed by atoms with Crippen molar-refractivity contribution in [2.45, 2.75) is 18.9 Å². The molecule has 3 heterocycles. The third kappa shape index (κ3) is 2.71. The molecule has 1 fully saturated rings. The van der Waals surface area contributed by atoms with E-state index in [1.165, 1.54) is 0 Å². The summed E-state index contributed by atoms with van der Waals surface area (Å²) in [4.78, 5) is 19.1. The summed E-state index contributed by atoms with van der Waals surface area (Å²) in [5.41, 5.74) is 2.91. The molecule has 1 aromatic carbocycles. The van der Waals surface area contributed by atoms with Gasteiger partial charge in [-0.1, -0.05) is 6.07 Å². The summed E-state index contributed by atoms with van der Waals surface area (Å²) in [6.07, 6.45) is 9.60. The van der Waals surface area contributed by atoms with Crippen LogP contribution in [0.2, 0.25) is 0 Å². The number of pyridine rings is 1. The number of amides is 1. The number of nitrogens with zero attached hydrogens (tertiary/aromatic N) is 3. The number of hydrogen-bond donors (Lipinski definition) is 0. The van der Waals surface area contributed by atoms with Crippen LogP contribution in [0, 0.1) is 0 Å². The Morgan fingerprint density at radius 3 is 2.62 bits per heavy atom. The molecule has 0 aliphatic carbocycles. The number of aromatic nitrogens is 2. The van der Waals surface area contributed by atoms with Crippen molar-refractivity contribution in [3.8, 4) is 5.69 Å². The summed E-state index contributed by atoms with van der Waals surface area (Å²) < 4.78 is 2.01. The van der Waals surface area contributed by atoms with Crippen molar-refractivity contribution in [2.75, 3.05) is 6.54 Å². The molecule has 1 amide bonds. The highest BCUT2D eigenvalue weighted by Gasteiger charge is 2.30. The Labute approximate surface area is 141 Å². The standard InChI is InChI=1S/C20H19N3O/c24-20(17-5-3-6-18(15-17)22-12-1-2-13-22)23-14-4-7-19(23)16-8-10-21-11-9-16/h1-3,5-6,8-13,15,19H,4,7,14H2. The third-order valence-corrected chi connectivity index (χ3v) is 4.60. The van der Waals surface area contributed by atoms with Gasteiger partial charge in [-0.3, -0.25) is 9.78 Å². The molecule has 4 rings (SSSR count). The van der Waals surface area contributed by atoms with Crippen LogP contribution in [0.15, 0.2) is 73.3 Å². The molecule has 4 heteroatoms. The largest absolute Gasteiger partial charge is 0.332 e. The maximum Gasteiger partial charge on any atom is 0.254 e. The number of rotatable bonds is 3. The molecule has 0 N–H and O–H groups in total. The van der Waals surface area contributed by atoms with Gasteiger partial charge in [-0.2, -0.15) is 0 Å². The molecule has 24 heavy (non-hydrogen) atoms. The quantitative estimate of drug-likeness (QED) is 0.736. The van der Waals surface area contributed by atoms with Crippen LogP contribution >= 0.6 is 0 Å². The lowest BCUT2D eigenvalue weighted by molar-refractivity contribution is 0.0735. The molecule has 120 valence electrons. The van der Waals surface area contributed by atoms with Crippen molar-refractivity contribution >= 4 is 5.91 Å². The van der Waals surface area contributed by atoms with E-state index in [1.807, 2.05) is 70.4 Å². The van der Waals surface area contributed by atoms with Gasteiger partial charge in [-0.15, -0.1) is 0 Å². The minimum Gasteiger partial charge on any atom is -0.332 e. The summed E-state index contributed by atoms with van der Waals surface area (Å²) in [6.45, 7) is 0.805. The zero-order chi connectivity index (χ0) is 16.4. The maximum absolute atomic E-state index is 13.1. The van der Waals surface area contributed by atoms with Gasteiger partial charge in [-0.05, 0) is 60.9 Å². The SMILES string of the molecule is O=C(c1cccc(-n2cccc2)c1)N1CCCC1c1ccncc1. The molecule has 1 unspecified atom stereocenters. The van der Waals surface area contributed by atoms with E-state index >= 15 is 0 Å². The van der Waals surface area contributed by atoms with E-state index in [9.17, 15) is 4.79 Å². The molecule has 0 saturated carbocycles. The molecule has 4 nitrogen and oxygen atoms in total. The normalized spacial score (nSPS) is 17.2. The number of carbonyl (C=O) groups excluding carboxylic acids is 1. The van der Waals surface area contributed by atoms with E-state index in [2.05, 4.69) is 4.98 Å². The highest BCUT2D eigenvalue weighted by Crippen LogP contribution is 2.33. The first-order chi connectivity index (χ1) is 11.8. The highest BCUT2D eigenvalue weighted by molar-refractivity contribution is 5.95. The summed E-state index contributed by atoms with van der Waals surface area (Å²) in [5.74, 6) is 0.100. The first-order valence-corrected chi connectivity index (χ1v) is 8.27. The number of hydrogen-bond acceptors (Lipinski definition) is 2. The minimum atomic E-state index is 0.100. The highest BCUT2D eigenvalue weighted by atomic mass is 16.2. The van der Waals surface area contributed by atoms with Gasteiger partial charge in [0.15, 0.2) is 0 Å². The number of benzene rings is 1. The molecule has 1 aliphatic heterocycles. The lowest BCUT2D eigenvalue weighted by Gasteiger charge is -2.25. The molecule has 0 bridgehead atoms. The van der Waals surface area contributed by atoms with Gasteiger partial charge in [0.1, 0.15) is 0 Å². The smallest absolute Gasteiger partial charge is 0.254 e. The Kier molecular flexibility index (Phi) is 3.87. The van der Waals surface area contributed by atoms with Crippen LogP contribution in [0.4, 0.5) is 0 Å². The Balaban J connectivity index is 1.62. The van der Waals surface area contributed by atoms with Crippen molar-refractivity contribution < 1.29 is 4.79 Å². The van der Waals surface area contributed by atoms with E-state index in [1.54, 1.807) is 12.4 Å². The van der Waals surface area contributed by atoms with Crippen molar-refractivity contribution in [1.82, 2.24) is 14.5 Å². The van der Waals surface area contributed by atoms with E-state index < -0.39 is 0 Å². The van der Waals surface area contributed by atoms with Gasteiger partial charge in [-0.25, -0.2) is 0 Å². The van der Waals surface area contributed by atoms with Crippen LogP contribution < -0.4 is 0 Å². The third-order valence-electron chi connectivity index (χ3n) is 4.60. The lowest BCUT2D eigenvalue weighted by Crippen LogP contribution is -2.30. The molecule has 3 aromatic rings. The van der Waals surface area contributed by atoms with Crippen molar-refractivity contribution in [2.24, 2.45) is 0 Å². The average molecular weight is 317 g/mol. The average Bonchev–Trinajstić information content (AvgIpc) is 3.34. The van der Waals surface area contributed by atoms with E-state index in [-0.39, 0.29) is 11.9 Å². The fourth-order valence-electron chi connectivity index (χ4n) is 3.41. The predicted octanol–water partition coefficient (Wildman–Crippen LogP) is 3.85. The van der Waals surface area contributed by atoms with Crippen LogP contribution in [0.1, 0.15) is 34.8 Å². The Morgan fingerprint density at radius 2 is 1.83 bits per heavy atom. The summed E-state index contributed by atoms with van der Waals surface area (Å²) in [6, 6.07) is 15.9. The molecule has 0 spiro atoms. The second-order valence-electron chi connectivity index (χ2n) is 6.08. The van der Waals surface area contributed by atoms with Crippen LogP contribution in [0.25, 0.3) is 5.69 Å². The number of carbonyl (C=O) groups is 1. The number of likely N-dealkylation sites (tertiary alicyclic amines) is 1. The van der Waals surface area contributed by atoms with Gasteiger partial charge in [0.25, 0.3) is 5.91 Å². The molecule has 1 atom stereocenters. The first kappa shape index (κ1) is 14.7. The monoisotopic (exact) mass is 317 g/mol. The van der Waals surface area contributed by atoms with Crippen LogP contribution in [0.5, 0.6) is 0 Å². The Bertz CT molecular complexity index is 827. The topological polar surface area (TPSA) is 38.1 Å². The van der Waals surface area contributed by atoms with Crippen LogP contribution in [-0.2, 0) is 0 Å². The zero-order valence-electron chi connectivity index (χ0n) is 13.4. The van der Waals surface area contributed by atoms with Gasteiger partial charge >= 0.3 is 0 Å². The van der Waals surface area contributed by atoms with E-state index in [0.717, 1.165) is 36.2 Å². The maximum atomic E-state index is 13.1. The second kappa shape index (κ2) is 6.32. The predicted molar refractivity (Wildman–Crippen MR) is 93.0 cm³/mol. The lowest BCUT2D eigenvalue weighted by atomic mass is 10.1. The van der Waals surface area contributed by atoms with Crippen LogP contribution in [-0.4, -0.2) is 26.9 Å². The van der Waals surface area contributed by atoms with Crippen molar-refractivity contribution in [3.63, 3.8) is 0 Å².